The van der Waals surface area contributed by atoms with E-state index < -0.39 is 0 Å². The van der Waals surface area contributed by atoms with Crippen molar-refractivity contribution in [3.8, 4) is 0 Å². The van der Waals surface area contributed by atoms with Gasteiger partial charge in [0.15, 0.2) is 0 Å². The van der Waals surface area contributed by atoms with E-state index >= 15 is 0 Å². The van der Waals surface area contributed by atoms with Crippen LogP contribution in [0.5, 0.6) is 0 Å². The quantitative estimate of drug-likeness (QED) is 0.695. The predicted molar refractivity (Wildman–Crippen MR) is 51.4 cm³/mol. The highest BCUT2D eigenvalue weighted by Crippen LogP contribution is 2.09. The second-order valence-electron chi connectivity index (χ2n) is 2.60. The van der Waals surface area contributed by atoms with Crippen molar-refractivity contribution in [2.75, 3.05) is 0 Å². The maximum absolute atomic E-state index is 3.95. The molecule has 1 aliphatic heterocycles. The Morgan fingerprint density at radius 2 is 1.85 bits per heavy atom. The van der Waals surface area contributed by atoms with E-state index in [0.717, 1.165) is 11.3 Å². The van der Waals surface area contributed by atoms with Gasteiger partial charge in [0.25, 0.3) is 0 Å². The highest BCUT2D eigenvalue weighted by Gasteiger charge is 1.98. The number of hydrogen-bond acceptors (Lipinski definition) is 3. The molecule has 0 saturated heterocycles. The Morgan fingerprint density at radius 1 is 1.00 bits per heavy atom. The zero-order valence-corrected chi connectivity index (χ0v) is 7.01. The molecule has 0 unspecified atom stereocenters. The molecular weight excluding hydrogens is 162 g/mol. The molecular formula is C10H9N3. The van der Waals surface area contributed by atoms with Gasteiger partial charge in [-0.1, -0.05) is 12.2 Å². The first-order valence-corrected chi connectivity index (χ1v) is 4.02. The summed E-state index contributed by atoms with van der Waals surface area (Å²) in [6.07, 6.45) is 14.8. The third kappa shape index (κ3) is 1.82. The van der Waals surface area contributed by atoms with Crippen LogP contribution >= 0.6 is 0 Å². The van der Waals surface area contributed by atoms with E-state index in [1.54, 1.807) is 12.4 Å². The van der Waals surface area contributed by atoms with Crippen molar-refractivity contribution >= 4 is 5.70 Å². The van der Waals surface area contributed by atoms with Crippen molar-refractivity contribution in [3.05, 3.63) is 54.8 Å². The van der Waals surface area contributed by atoms with E-state index in [1.807, 2.05) is 30.5 Å². The summed E-state index contributed by atoms with van der Waals surface area (Å²) in [6, 6.07) is 0. The van der Waals surface area contributed by atoms with Gasteiger partial charge < -0.3 is 5.32 Å². The Bertz CT molecular complexity index is 363. The number of nitrogens with zero attached hydrogens (tertiary/aromatic N) is 2. The summed E-state index contributed by atoms with van der Waals surface area (Å²) in [5, 5.41) is 3.14. The molecule has 0 spiro atoms. The van der Waals surface area contributed by atoms with Crippen LogP contribution in [0.25, 0.3) is 5.70 Å². The molecule has 1 aliphatic rings. The van der Waals surface area contributed by atoms with Crippen LogP contribution in [0, 0.1) is 0 Å². The minimum Gasteiger partial charge on any atom is -0.361 e. The molecule has 3 nitrogen and oxygen atoms in total. The minimum atomic E-state index is 0.985. The Morgan fingerprint density at radius 3 is 2.69 bits per heavy atom. The fourth-order valence-corrected chi connectivity index (χ4v) is 1.08. The molecule has 2 heterocycles. The maximum atomic E-state index is 3.95. The van der Waals surface area contributed by atoms with Crippen LogP contribution in [-0.2, 0) is 0 Å². The summed E-state index contributed by atoms with van der Waals surface area (Å²) in [5.74, 6) is 0. The Labute approximate surface area is 76.5 Å². The molecule has 64 valence electrons. The van der Waals surface area contributed by atoms with Crippen LogP contribution in [0.4, 0.5) is 0 Å². The van der Waals surface area contributed by atoms with Gasteiger partial charge in [-0.2, -0.15) is 0 Å². The molecule has 0 aromatic carbocycles. The lowest BCUT2D eigenvalue weighted by atomic mass is 10.2. The lowest BCUT2D eigenvalue weighted by molar-refractivity contribution is 1.12. The number of allylic oxidation sites excluding steroid dienone is 4. The van der Waals surface area contributed by atoms with Gasteiger partial charge in [0.05, 0.1) is 0 Å². The third-order valence-electron chi connectivity index (χ3n) is 1.69. The highest BCUT2D eigenvalue weighted by atomic mass is 14.9. The summed E-state index contributed by atoms with van der Waals surface area (Å²) in [6.45, 7) is 0. The number of rotatable bonds is 1. The molecule has 0 bridgehead atoms. The smallest absolute Gasteiger partial charge is 0.115 e. The van der Waals surface area contributed by atoms with Crippen molar-refractivity contribution in [3.63, 3.8) is 0 Å². The number of aromatic nitrogens is 2. The monoisotopic (exact) mass is 171 g/mol. The molecule has 13 heavy (non-hydrogen) atoms. The molecule has 0 fully saturated rings. The molecule has 3 heteroatoms. The van der Waals surface area contributed by atoms with Gasteiger partial charge in [-0.3, -0.25) is 0 Å². The van der Waals surface area contributed by atoms with E-state index in [9.17, 15) is 0 Å². The van der Waals surface area contributed by atoms with Crippen LogP contribution in [0.3, 0.4) is 0 Å². The molecule has 0 amide bonds. The Balaban J connectivity index is 2.32. The van der Waals surface area contributed by atoms with Crippen molar-refractivity contribution in [1.29, 1.82) is 0 Å². The molecule has 1 aromatic heterocycles. The van der Waals surface area contributed by atoms with Crippen molar-refractivity contribution in [1.82, 2.24) is 15.3 Å². The average Bonchev–Trinajstić information content (AvgIpc) is 2.47. The molecule has 1 aromatic rings. The fraction of sp³-hybridized carbons (Fsp3) is 0. The van der Waals surface area contributed by atoms with Crippen LogP contribution < -0.4 is 5.32 Å². The molecule has 0 saturated carbocycles. The first-order valence-electron chi connectivity index (χ1n) is 4.02. The van der Waals surface area contributed by atoms with Crippen molar-refractivity contribution in [2.45, 2.75) is 0 Å². The second-order valence-corrected chi connectivity index (χ2v) is 2.60. The lowest BCUT2D eigenvalue weighted by Crippen LogP contribution is -2.03. The number of nitrogens with one attached hydrogen (secondary N) is 1. The van der Waals surface area contributed by atoms with Crippen LogP contribution in [0.2, 0.25) is 0 Å². The van der Waals surface area contributed by atoms with E-state index in [0.29, 0.717) is 0 Å². The summed E-state index contributed by atoms with van der Waals surface area (Å²) in [7, 11) is 0. The van der Waals surface area contributed by atoms with Crippen LogP contribution in [-0.4, -0.2) is 9.97 Å². The summed E-state index contributed by atoms with van der Waals surface area (Å²) in [5.41, 5.74) is 1.99. The van der Waals surface area contributed by atoms with Gasteiger partial charge in [-0.15, -0.1) is 0 Å². The molecule has 0 radical (unpaired) electrons. The largest absolute Gasteiger partial charge is 0.361 e. The maximum Gasteiger partial charge on any atom is 0.115 e. The van der Waals surface area contributed by atoms with Crippen molar-refractivity contribution in [2.24, 2.45) is 0 Å². The van der Waals surface area contributed by atoms with Crippen molar-refractivity contribution < 1.29 is 0 Å². The summed E-state index contributed by atoms with van der Waals surface area (Å²) >= 11 is 0. The fourth-order valence-electron chi connectivity index (χ4n) is 1.08. The summed E-state index contributed by atoms with van der Waals surface area (Å²) < 4.78 is 0. The zero-order chi connectivity index (χ0) is 8.93. The minimum absolute atomic E-state index is 0.985. The van der Waals surface area contributed by atoms with Gasteiger partial charge in [0, 0.05) is 29.9 Å². The Hall–Kier alpha value is -1.90. The average molecular weight is 171 g/mol. The van der Waals surface area contributed by atoms with Gasteiger partial charge in [-0.05, 0) is 12.2 Å². The molecule has 0 atom stereocenters. The summed E-state index contributed by atoms with van der Waals surface area (Å²) in [4.78, 5) is 7.90. The highest BCUT2D eigenvalue weighted by molar-refractivity contribution is 5.65. The SMILES string of the molecule is C1=CC=C(c2cncnc2)NC=C1. The van der Waals surface area contributed by atoms with Crippen LogP contribution in [0.1, 0.15) is 5.56 Å². The van der Waals surface area contributed by atoms with Gasteiger partial charge in [0.1, 0.15) is 6.33 Å². The van der Waals surface area contributed by atoms with Gasteiger partial charge in [-0.25, -0.2) is 9.97 Å². The second kappa shape index (κ2) is 3.67. The Kier molecular flexibility index (Phi) is 2.18. The van der Waals surface area contributed by atoms with E-state index in [1.165, 1.54) is 6.33 Å². The first-order chi connectivity index (χ1) is 6.47. The zero-order valence-electron chi connectivity index (χ0n) is 7.01. The van der Waals surface area contributed by atoms with Gasteiger partial charge >= 0.3 is 0 Å². The van der Waals surface area contributed by atoms with Crippen LogP contribution in [0.15, 0.2) is 49.2 Å². The van der Waals surface area contributed by atoms with E-state index in [2.05, 4.69) is 15.3 Å². The van der Waals surface area contributed by atoms with E-state index in [4.69, 9.17) is 0 Å². The molecule has 2 rings (SSSR count). The van der Waals surface area contributed by atoms with Gasteiger partial charge in [0.2, 0.25) is 0 Å². The predicted octanol–water partition coefficient (Wildman–Crippen LogP) is 1.49. The van der Waals surface area contributed by atoms with E-state index in [-0.39, 0.29) is 0 Å². The normalized spacial score (nSPS) is 14.6. The third-order valence-corrected chi connectivity index (χ3v) is 1.69. The molecule has 1 N–H and O–H groups in total. The number of hydrogen-bond donors (Lipinski definition) is 1. The first kappa shape index (κ1) is 7.73. The topological polar surface area (TPSA) is 37.8 Å². The molecule has 0 aliphatic carbocycles. The standard InChI is InChI=1S/C10H9N3/c1-2-4-10(13-5-3-1)9-6-11-8-12-7-9/h1-8,13H. The lowest BCUT2D eigenvalue weighted by Gasteiger charge is -2.03.